The average molecular weight is 248 g/mol. The number of rotatable bonds is 5. The number of ether oxygens (including phenoxy) is 1. The molecule has 0 aromatic heterocycles. The quantitative estimate of drug-likeness (QED) is 0.799. The molecule has 1 aliphatic heterocycles. The highest BCUT2D eigenvalue weighted by molar-refractivity contribution is 5.77. The molecule has 1 heterocycles. The van der Waals surface area contributed by atoms with Crippen molar-refractivity contribution in [2.75, 3.05) is 26.2 Å². The fourth-order valence-corrected chi connectivity index (χ4v) is 2.17. The highest BCUT2D eigenvalue weighted by Crippen LogP contribution is 2.11. The Bertz CT molecular complexity index is 375. The van der Waals surface area contributed by atoms with E-state index in [9.17, 15) is 4.79 Å². The predicted molar refractivity (Wildman–Crippen MR) is 70.0 cm³/mol. The van der Waals surface area contributed by atoms with E-state index in [1.165, 1.54) is 12.8 Å². The number of hydrogen-bond donors (Lipinski definition) is 1. The highest BCUT2D eigenvalue weighted by atomic mass is 16.5. The summed E-state index contributed by atoms with van der Waals surface area (Å²) in [5.74, 6) is -0.347. The van der Waals surface area contributed by atoms with Crippen molar-refractivity contribution in [2.45, 2.75) is 18.9 Å². The molecule has 0 spiro atoms. The van der Waals surface area contributed by atoms with E-state index >= 15 is 0 Å². The van der Waals surface area contributed by atoms with Crippen LogP contribution in [0, 0.1) is 0 Å². The molecule has 1 saturated heterocycles. The van der Waals surface area contributed by atoms with Crippen molar-refractivity contribution in [3.8, 4) is 0 Å². The summed E-state index contributed by atoms with van der Waals surface area (Å²) in [7, 11) is 0. The number of nitrogens with zero attached hydrogens (tertiary/aromatic N) is 1. The van der Waals surface area contributed by atoms with Gasteiger partial charge in [-0.05, 0) is 31.5 Å². The largest absolute Gasteiger partial charge is 0.463 e. The molecule has 0 bridgehead atoms. The van der Waals surface area contributed by atoms with Crippen LogP contribution in [0.1, 0.15) is 24.4 Å². The molecule has 0 saturated carbocycles. The van der Waals surface area contributed by atoms with E-state index in [-0.39, 0.29) is 5.97 Å². The number of carbonyl (C=O) groups is 1. The summed E-state index contributed by atoms with van der Waals surface area (Å²) in [6, 6.07) is 8.64. The van der Waals surface area contributed by atoms with Crippen molar-refractivity contribution < 1.29 is 9.53 Å². The lowest BCUT2D eigenvalue weighted by molar-refractivity contribution is -0.145. The first-order chi connectivity index (χ1) is 8.77. The highest BCUT2D eigenvalue weighted by Gasteiger charge is 2.17. The van der Waals surface area contributed by atoms with Gasteiger partial charge in [-0.3, -0.25) is 4.90 Å². The molecule has 1 fully saturated rings. The van der Waals surface area contributed by atoms with Crippen LogP contribution in [0.5, 0.6) is 0 Å². The van der Waals surface area contributed by atoms with Crippen molar-refractivity contribution in [2.24, 2.45) is 5.73 Å². The van der Waals surface area contributed by atoms with Crippen LogP contribution in [0.3, 0.4) is 0 Å². The van der Waals surface area contributed by atoms with Gasteiger partial charge in [-0.25, -0.2) is 4.79 Å². The Morgan fingerprint density at radius 2 is 1.94 bits per heavy atom. The van der Waals surface area contributed by atoms with Crippen LogP contribution in [0.2, 0.25) is 0 Å². The Balaban J connectivity index is 1.74. The monoisotopic (exact) mass is 248 g/mol. The zero-order valence-corrected chi connectivity index (χ0v) is 10.5. The van der Waals surface area contributed by atoms with E-state index in [0.717, 1.165) is 25.2 Å². The fraction of sp³-hybridized carbons (Fsp3) is 0.500. The smallest absolute Gasteiger partial charge is 0.327 e. The fourth-order valence-electron chi connectivity index (χ4n) is 2.17. The van der Waals surface area contributed by atoms with Crippen LogP contribution in [0.4, 0.5) is 0 Å². The molecule has 0 amide bonds. The van der Waals surface area contributed by atoms with Crippen LogP contribution in [-0.2, 0) is 9.53 Å². The average Bonchev–Trinajstić information content (AvgIpc) is 2.92. The maximum atomic E-state index is 11.8. The number of likely N-dealkylation sites (tertiary alicyclic amines) is 1. The van der Waals surface area contributed by atoms with Crippen LogP contribution >= 0.6 is 0 Å². The lowest BCUT2D eigenvalue weighted by Crippen LogP contribution is -2.29. The van der Waals surface area contributed by atoms with Gasteiger partial charge in [-0.2, -0.15) is 0 Å². The molecule has 2 rings (SSSR count). The van der Waals surface area contributed by atoms with Gasteiger partial charge in [0.2, 0.25) is 0 Å². The lowest BCUT2D eigenvalue weighted by Gasteiger charge is -2.16. The number of carbonyl (C=O) groups excluding carboxylic acids is 1. The molecule has 1 unspecified atom stereocenters. The molecule has 0 aliphatic carbocycles. The van der Waals surface area contributed by atoms with Gasteiger partial charge in [0.25, 0.3) is 0 Å². The summed E-state index contributed by atoms with van der Waals surface area (Å²) in [6.45, 7) is 3.47. The van der Waals surface area contributed by atoms with E-state index in [0.29, 0.717) is 6.61 Å². The van der Waals surface area contributed by atoms with Crippen LogP contribution in [0.15, 0.2) is 30.3 Å². The lowest BCUT2D eigenvalue weighted by atomic mass is 10.1. The van der Waals surface area contributed by atoms with Crippen LogP contribution < -0.4 is 5.73 Å². The maximum Gasteiger partial charge on any atom is 0.327 e. The van der Waals surface area contributed by atoms with Crippen molar-refractivity contribution >= 4 is 5.97 Å². The van der Waals surface area contributed by atoms with Gasteiger partial charge in [0.05, 0.1) is 0 Å². The van der Waals surface area contributed by atoms with Gasteiger partial charge in [0, 0.05) is 6.54 Å². The molecule has 18 heavy (non-hydrogen) atoms. The second-order valence-corrected chi connectivity index (χ2v) is 4.60. The molecule has 2 N–H and O–H groups in total. The van der Waals surface area contributed by atoms with Crippen LogP contribution in [0.25, 0.3) is 0 Å². The molecule has 4 nitrogen and oxygen atoms in total. The Morgan fingerprint density at radius 1 is 1.28 bits per heavy atom. The van der Waals surface area contributed by atoms with E-state index in [2.05, 4.69) is 4.90 Å². The molecule has 4 heteroatoms. The summed E-state index contributed by atoms with van der Waals surface area (Å²) in [5, 5.41) is 0. The minimum atomic E-state index is -0.676. The van der Waals surface area contributed by atoms with Gasteiger partial charge >= 0.3 is 5.97 Å². The van der Waals surface area contributed by atoms with Gasteiger partial charge in [-0.1, -0.05) is 30.3 Å². The molecule has 98 valence electrons. The zero-order valence-electron chi connectivity index (χ0n) is 10.5. The molecule has 1 aromatic rings. The topological polar surface area (TPSA) is 55.6 Å². The van der Waals surface area contributed by atoms with Crippen molar-refractivity contribution in [3.63, 3.8) is 0 Å². The molecular formula is C14H20N2O2. The van der Waals surface area contributed by atoms with Crippen molar-refractivity contribution in [1.29, 1.82) is 0 Å². The maximum absolute atomic E-state index is 11.8. The van der Waals surface area contributed by atoms with Gasteiger partial charge in [-0.15, -0.1) is 0 Å². The molecule has 1 aliphatic rings. The number of esters is 1. The predicted octanol–water partition coefficient (Wildman–Crippen LogP) is 1.33. The van der Waals surface area contributed by atoms with E-state index < -0.39 is 6.04 Å². The second kappa shape index (κ2) is 6.52. The summed E-state index contributed by atoms with van der Waals surface area (Å²) in [6.07, 6.45) is 2.49. The first kappa shape index (κ1) is 13.1. The van der Waals surface area contributed by atoms with Crippen molar-refractivity contribution in [3.05, 3.63) is 35.9 Å². The molecule has 1 atom stereocenters. The van der Waals surface area contributed by atoms with E-state index in [1.54, 1.807) is 0 Å². The summed E-state index contributed by atoms with van der Waals surface area (Å²) < 4.78 is 5.21. The normalized spacial score (nSPS) is 17.6. The summed E-state index contributed by atoms with van der Waals surface area (Å²) in [4.78, 5) is 14.1. The van der Waals surface area contributed by atoms with E-state index in [1.807, 2.05) is 30.3 Å². The Hall–Kier alpha value is -1.39. The first-order valence-corrected chi connectivity index (χ1v) is 6.47. The number of nitrogens with two attached hydrogens (primary N) is 1. The van der Waals surface area contributed by atoms with Crippen molar-refractivity contribution in [1.82, 2.24) is 4.90 Å². The van der Waals surface area contributed by atoms with Crippen LogP contribution in [-0.4, -0.2) is 37.1 Å². The summed E-state index contributed by atoms with van der Waals surface area (Å²) in [5.41, 5.74) is 6.64. The van der Waals surface area contributed by atoms with E-state index in [4.69, 9.17) is 10.5 Å². The Morgan fingerprint density at radius 3 is 2.61 bits per heavy atom. The first-order valence-electron chi connectivity index (χ1n) is 6.47. The molecule has 1 aromatic carbocycles. The Kier molecular flexibility index (Phi) is 4.73. The second-order valence-electron chi connectivity index (χ2n) is 4.60. The number of benzene rings is 1. The zero-order chi connectivity index (χ0) is 12.8. The minimum absolute atomic E-state index is 0.347. The Labute approximate surface area is 108 Å². The van der Waals surface area contributed by atoms with Gasteiger partial charge in [0.1, 0.15) is 12.6 Å². The summed E-state index contributed by atoms with van der Waals surface area (Å²) >= 11 is 0. The van der Waals surface area contributed by atoms with Gasteiger partial charge < -0.3 is 10.5 Å². The SMILES string of the molecule is NC(C(=O)OCCN1CCCC1)c1ccccc1. The third-order valence-electron chi connectivity index (χ3n) is 3.26. The minimum Gasteiger partial charge on any atom is -0.463 e. The third kappa shape index (κ3) is 3.55. The number of hydrogen-bond acceptors (Lipinski definition) is 4. The third-order valence-corrected chi connectivity index (χ3v) is 3.26. The molecule has 0 radical (unpaired) electrons. The standard InChI is InChI=1S/C14H20N2O2/c15-13(12-6-2-1-3-7-12)14(17)18-11-10-16-8-4-5-9-16/h1-3,6-7,13H,4-5,8-11,15H2. The molecular weight excluding hydrogens is 228 g/mol. The van der Waals surface area contributed by atoms with Gasteiger partial charge in [0.15, 0.2) is 0 Å².